The second-order valence-electron chi connectivity index (χ2n) is 4.54. The van der Waals surface area contributed by atoms with Crippen molar-refractivity contribution in [3.8, 4) is 0 Å². The Morgan fingerprint density at radius 2 is 2.28 bits per heavy atom. The van der Waals surface area contributed by atoms with Crippen LogP contribution in [0, 0.1) is 13.8 Å². The summed E-state index contributed by atoms with van der Waals surface area (Å²) in [6.45, 7) is 4.79. The standard InChI is InChI=1S/C13H19NO4/c1-8-6-10(9(2)18-8)13(15)14-11-4-5-17-7-12(11)16-3/h6,11-12H,4-5,7H2,1-3H3,(H,14,15)/t11-,12-/m1/s1. The highest BCUT2D eigenvalue weighted by Crippen LogP contribution is 2.16. The molecule has 100 valence electrons. The number of ether oxygens (including phenoxy) is 2. The third-order valence-electron chi connectivity index (χ3n) is 3.21. The van der Waals surface area contributed by atoms with E-state index in [4.69, 9.17) is 13.9 Å². The molecule has 18 heavy (non-hydrogen) atoms. The fourth-order valence-corrected chi connectivity index (χ4v) is 2.21. The van der Waals surface area contributed by atoms with E-state index in [2.05, 4.69) is 5.32 Å². The second kappa shape index (κ2) is 5.54. The van der Waals surface area contributed by atoms with Crippen LogP contribution in [-0.4, -0.2) is 38.4 Å². The largest absolute Gasteiger partial charge is 0.466 e. The Kier molecular flexibility index (Phi) is 4.04. The first-order chi connectivity index (χ1) is 8.61. The van der Waals surface area contributed by atoms with Crippen molar-refractivity contribution in [1.29, 1.82) is 0 Å². The van der Waals surface area contributed by atoms with E-state index in [0.717, 1.165) is 12.2 Å². The minimum Gasteiger partial charge on any atom is -0.466 e. The first-order valence-electron chi connectivity index (χ1n) is 6.10. The van der Waals surface area contributed by atoms with Crippen molar-refractivity contribution < 1.29 is 18.7 Å². The number of hydrogen-bond acceptors (Lipinski definition) is 4. The fourth-order valence-electron chi connectivity index (χ4n) is 2.21. The number of rotatable bonds is 3. The fraction of sp³-hybridized carbons (Fsp3) is 0.615. The number of amides is 1. The van der Waals surface area contributed by atoms with Crippen molar-refractivity contribution in [3.63, 3.8) is 0 Å². The summed E-state index contributed by atoms with van der Waals surface area (Å²) in [7, 11) is 1.63. The molecule has 1 N–H and O–H groups in total. The summed E-state index contributed by atoms with van der Waals surface area (Å²) in [5.74, 6) is 1.28. The molecule has 0 aromatic carbocycles. The van der Waals surface area contributed by atoms with Crippen LogP contribution >= 0.6 is 0 Å². The molecule has 1 aromatic heterocycles. The molecular weight excluding hydrogens is 234 g/mol. The van der Waals surface area contributed by atoms with Crippen LogP contribution in [0.4, 0.5) is 0 Å². The molecule has 5 heteroatoms. The molecule has 1 aromatic rings. The molecule has 0 saturated carbocycles. The van der Waals surface area contributed by atoms with Crippen LogP contribution in [0.5, 0.6) is 0 Å². The summed E-state index contributed by atoms with van der Waals surface area (Å²) in [5, 5.41) is 2.99. The molecule has 1 aliphatic rings. The Morgan fingerprint density at radius 3 is 2.89 bits per heavy atom. The maximum atomic E-state index is 12.1. The van der Waals surface area contributed by atoms with E-state index < -0.39 is 0 Å². The maximum Gasteiger partial charge on any atom is 0.255 e. The molecule has 5 nitrogen and oxygen atoms in total. The number of hydrogen-bond donors (Lipinski definition) is 1. The second-order valence-corrected chi connectivity index (χ2v) is 4.54. The van der Waals surface area contributed by atoms with Crippen LogP contribution in [0.15, 0.2) is 10.5 Å². The number of methoxy groups -OCH3 is 1. The minimum absolute atomic E-state index is 0.00847. The van der Waals surface area contributed by atoms with Gasteiger partial charge in [0.15, 0.2) is 0 Å². The van der Waals surface area contributed by atoms with E-state index in [-0.39, 0.29) is 18.1 Å². The summed E-state index contributed by atoms with van der Waals surface area (Å²) in [4.78, 5) is 12.1. The van der Waals surface area contributed by atoms with Gasteiger partial charge in [0, 0.05) is 13.7 Å². The Morgan fingerprint density at radius 1 is 1.50 bits per heavy atom. The number of furan rings is 1. The highest BCUT2D eigenvalue weighted by molar-refractivity contribution is 5.95. The van der Waals surface area contributed by atoms with Crippen molar-refractivity contribution >= 4 is 5.91 Å². The van der Waals surface area contributed by atoms with Gasteiger partial charge in [-0.2, -0.15) is 0 Å². The van der Waals surface area contributed by atoms with E-state index in [0.29, 0.717) is 24.5 Å². The Bertz CT molecular complexity index is 427. The van der Waals surface area contributed by atoms with E-state index in [1.54, 1.807) is 20.1 Å². The van der Waals surface area contributed by atoms with E-state index in [1.807, 2.05) is 6.92 Å². The van der Waals surface area contributed by atoms with Gasteiger partial charge in [0.25, 0.3) is 5.91 Å². The Hall–Kier alpha value is -1.33. The molecular formula is C13H19NO4. The molecule has 1 fully saturated rings. The van der Waals surface area contributed by atoms with Crippen molar-refractivity contribution in [2.75, 3.05) is 20.3 Å². The molecule has 0 aliphatic carbocycles. The Balaban J connectivity index is 2.04. The van der Waals surface area contributed by atoms with E-state index in [9.17, 15) is 4.79 Å². The lowest BCUT2D eigenvalue weighted by molar-refractivity contribution is -0.0479. The lowest BCUT2D eigenvalue weighted by Gasteiger charge is -2.30. The molecule has 0 radical (unpaired) electrons. The normalized spacial score (nSPS) is 23.9. The summed E-state index contributed by atoms with van der Waals surface area (Å²) in [6.07, 6.45) is 0.677. The first kappa shape index (κ1) is 13.1. The molecule has 0 spiro atoms. The lowest BCUT2D eigenvalue weighted by atomic mass is 10.1. The van der Waals surface area contributed by atoms with Gasteiger partial charge in [-0.05, 0) is 26.3 Å². The lowest BCUT2D eigenvalue weighted by Crippen LogP contribution is -2.49. The van der Waals surface area contributed by atoms with Crippen molar-refractivity contribution in [2.24, 2.45) is 0 Å². The summed E-state index contributed by atoms with van der Waals surface area (Å²) in [5.41, 5.74) is 0.592. The number of aryl methyl sites for hydroxylation is 2. The first-order valence-corrected chi connectivity index (χ1v) is 6.10. The predicted molar refractivity (Wildman–Crippen MR) is 65.7 cm³/mol. The molecule has 0 bridgehead atoms. The van der Waals surface area contributed by atoms with Crippen LogP contribution in [0.25, 0.3) is 0 Å². The zero-order chi connectivity index (χ0) is 13.1. The van der Waals surface area contributed by atoms with Gasteiger partial charge in [0.1, 0.15) is 17.6 Å². The number of carbonyl (C=O) groups excluding carboxylic acids is 1. The molecule has 1 aliphatic heterocycles. The van der Waals surface area contributed by atoms with Crippen molar-refractivity contribution in [2.45, 2.75) is 32.4 Å². The minimum atomic E-state index is -0.113. The van der Waals surface area contributed by atoms with Gasteiger partial charge in [0.05, 0.1) is 18.2 Å². The highest BCUT2D eigenvalue weighted by Gasteiger charge is 2.28. The monoisotopic (exact) mass is 253 g/mol. The molecule has 1 saturated heterocycles. The summed E-state index contributed by atoms with van der Waals surface area (Å²) < 4.78 is 16.0. The third kappa shape index (κ3) is 2.73. The van der Waals surface area contributed by atoms with Crippen molar-refractivity contribution in [3.05, 3.63) is 23.2 Å². The van der Waals surface area contributed by atoms with Crippen LogP contribution in [0.3, 0.4) is 0 Å². The van der Waals surface area contributed by atoms with Gasteiger partial charge in [-0.25, -0.2) is 0 Å². The van der Waals surface area contributed by atoms with Crippen LogP contribution in [0.1, 0.15) is 28.3 Å². The summed E-state index contributed by atoms with van der Waals surface area (Å²) >= 11 is 0. The topological polar surface area (TPSA) is 60.7 Å². The zero-order valence-corrected chi connectivity index (χ0v) is 11.0. The van der Waals surface area contributed by atoms with E-state index in [1.165, 1.54) is 0 Å². The van der Waals surface area contributed by atoms with Crippen LogP contribution < -0.4 is 5.32 Å². The van der Waals surface area contributed by atoms with E-state index >= 15 is 0 Å². The zero-order valence-electron chi connectivity index (χ0n) is 11.0. The summed E-state index contributed by atoms with van der Waals surface area (Å²) in [6, 6.07) is 1.75. The van der Waals surface area contributed by atoms with Crippen LogP contribution in [0.2, 0.25) is 0 Å². The number of nitrogens with one attached hydrogen (secondary N) is 1. The van der Waals surface area contributed by atoms with Gasteiger partial charge in [-0.1, -0.05) is 0 Å². The molecule has 1 amide bonds. The maximum absolute atomic E-state index is 12.1. The smallest absolute Gasteiger partial charge is 0.255 e. The van der Waals surface area contributed by atoms with Gasteiger partial charge in [-0.15, -0.1) is 0 Å². The molecule has 2 atom stereocenters. The van der Waals surface area contributed by atoms with Gasteiger partial charge in [-0.3, -0.25) is 4.79 Å². The van der Waals surface area contributed by atoms with Crippen LogP contribution in [-0.2, 0) is 9.47 Å². The van der Waals surface area contributed by atoms with Gasteiger partial charge >= 0.3 is 0 Å². The average molecular weight is 253 g/mol. The molecule has 2 rings (SSSR count). The van der Waals surface area contributed by atoms with Gasteiger partial charge in [0.2, 0.25) is 0 Å². The van der Waals surface area contributed by atoms with Crippen molar-refractivity contribution in [1.82, 2.24) is 5.32 Å². The van der Waals surface area contributed by atoms with Gasteiger partial charge < -0.3 is 19.2 Å². The predicted octanol–water partition coefficient (Wildman–Crippen LogP) is 1.43. The molecule has 0 unspecified atom stereocenters. The average Bonchev–Trinajstić information content (AvgIpc) is 2.69. The highest BCUT2D eigenvalue weighted by atomic mass is 16.5. The molecule has 2 heterocycles. The SMILES string of the molecule is CO[C@@H]1COCC[C@H]1NC(=O)c1cc(C)oc1C. The Labute approximate surface area is 106 Å². The quantitative estimate of drug-likeness (QED) is 0.885. The number of carbonyl (C=O) groups is 1. The third-order valence-corrected chi connectivity index (χ3v) is 3.21.